The molecule has 18 heavy (non-hydrogen) atoms. The van der Waals surface area contributed by atoms with E-state index < -0.39 is 0 Å². The third kappa shape index (κ3) is 2.86. The van der Waals surface area contributed by atoms with Crippen LogP contribution in [0.15, 0.2) is 0 Å². The molecular weight excluding hydrogens is 226 g/mol. The van der Waals surface area contributed by atoms with E-state index in [9.17, 15) is 4.79 Å². The average molecular weight is 253 g/mol. The Labute approximate surface area is 110 Å². The minimum atomic E-state index is -0.00190. The zero-order chi connectivity index (χ0) is 13.1. The van der Waals surface area contributed by atoms with E-state index in [2.05, 4.69) is 23.6 Å². The van der Waals surface area contributed by atoms with E-state index >= 15 is 0 Å². The molecule has 0 aromatic heterocycles. The van der Waals surface area contributed by atoms with Gasteiger partial charge < -0.3 is 10.6 Å². The molecule has 2 aliphatic heterocycles. The van der Waals surface area contributed by atoms with Crippen molar-refractivity contribution in [1.29, 1.82) is 0 Å². The van der Waals surface area contributed by atoms with Crippen LogP contribution in [0.25, 0.3) is 0 Å². The molecule has 2 saturated heterocycles. The highest BCUT2D eigenvalue weighted by Crippen LogP contribution is 2.23. The Morgan fingerprint density at radius 3 is 2.67 bits per heavy atom. The lowest BCUT2D eigenvalue weighted by molar-refractivity contribution is -0.136. The fraction of sp³-hybridized carbons (Fsp3) is 0.929. The maximum absolute atomic E-state index is 12.5. The van der Waals surface area contributed by atoms with E-state index in [1.165, 1.54) is 19.4 Å². The number of nitrogens with zero attached hydrogens (tertiary/aromatic N) is 2. The highest BCUT2D eigenvalue weighted by Gasteiger charge is 2.33. The second-order valence-electron chi connectivity index (χ2n) is 6.06. The molecule has 0 spiro atoms. The standard InChI is InChI=1S/C14H27N3O/c1-11(2)13(9-15)14(18)17-8-4-7-16-6-3-5-12(16)10-17/h11-13H,3-10,15H2,1-2H3. The molecule has 2 N–H and O–H groups in total. The molecule has 2 unspecified atom stereocenters. The quantitative estimate of drug-likeness (QED) is 0.813. The van der Waals surface area contributed by atoms with Gasteiger partial charge in [0.1, 0.15) is 0 Å². The first-order valence-electron chi connectivity index (χ1n) is 7.36. The summed E-state index contributed by atoms with van der Waals surface area (Å²) in [6.45, 7) is 8.86. The van der Waals surface area contributed by atoms with Gasteiger partial charge in [0.25, 0.3) is 0 Å². The zero-order valence-corrected chi connectivity index (χ0v) is 11.8. The molecule has 104 valence electrons. The molecular formula is C14H27N3O. The normalized spacial score (nSPS) is 27.1. The summed E-state index contributed by atoms with van der Waals surface area (Å²) in [6, 6.07) is 0.599. The Kier molecular flexibility index (Phi) is 4.62. The summed E-state index contributed by atoms with van der Waals surface area (Å²) in [5.41, 5.74) is 5.77. The summed E-state index contributed by atoms with van der Waals surface area (Å²) >= 11 is 0. The number of rotatable bonds is 3. The van der Waals surface area contributed by atoms with Crippen molar-refractivity contribution in [3.63, 3.8) is 0 Å². The lowest BCUT2D eigenvalue weighted by Crippen LogP contribution is -2.45. The predicted octanol–water partition coefficient (Wildman–Crippen LogP) is 0.914. The summed E-state index contributed by atoms with van der Waals surface area (Å²) in [6.07, 6.45) is 3.65. The monoisotopic (exact) mass is 253 g/mol. The number of carbonyl (C=O) groups excluding carboxylic acids is 1. The molecule has 1 amide bonds. The van der Waals surface area contributed by atoms with E-state index in [-0.39, 0.29) is 11.8 Å². The minimum Gasteiger partial charge on any atom is -0.341 e. The lowest BCUT2D eigenvalue weighted by Gasteiger charge is -2.30. The molecule has 0 radical (unpaired) electrons. The van der Waals surface area contributed by atoms with Crippen LogP contribution in [-0.4, -0.2) is 54.5 Å². The third-order valence-corrected chi connectivity index (χ3v) is 4.49. The fourth-order valence-electron chi connectivity index (χ4n) is 3.30. The molecule has 0 saturated carbocycles. The third-order valence-electron chi connectivity index (χ3n) is 4.49. The van der Waals surface area contributed by atoms with E-state index in [0.29, 0.717) is 18.5 Å². The number of carbonyl (C=O) groups is 1. The van der Waals surface area contributed by atoms with Gasteiger partial charge in [0.05, 0.1) is 5.92 Å². The van der Waals surface area contributed by atoms with Gasteiger partial charge in [-0.3, -0.25) is 9.69 Å². The Morgan fingerprint density at radius 1 is 1.28 bits per heavy atom. The van der Waals surface area contributed by atoms with Crippen LogP contribution in [0.5, 0.6) is 0 Å². The van der Waals surface area contributed by atoms with E-state index in [0.717, 1.165) is 26.1 Å². The largest absolute Gasteiger partial charge is 0.341 e. The van der Waals surface area contributed by atoms with Gasteiger partial charge in [0.15, 0.2) is 0 Å². The van der Waals surface area contributed by atoms with E-state index in [4.69, 9.17) is 5.73 Å². The average Bonchev–Trinajstić information content (AvgIpc) is 2.66. The molecule has 2 fully saturated rings. The van der Waals surface area contributed by atoms with Crippen molar-refractivity contribution in [2.75, 3.05) is 32.7 Å². The Balaban J connectivity index is 2.01. The maximum Gasteiger partial charge on any atom is 0.227 e. The highest BCUT2D eigenvalue weighted by molar-refractivity contribution is 5.79. The summed E-state index contributed by atoms with van der Waals surface area (Å²) in [5, 5.41) is 0. The molecule has 2 aliphatic rings. The molecule has 2 rings (SSSR count). The van der Waals surface area contributed by atoms with Crippen molar-refractivity contribution < 1.29 is 4.79 Å². The molecule has 0 bridgehead atoms. The van der Waals surface area contributed by atoms with Crippen LogP contribution >= 0.6 is 0 Å². The van der Waals surface area contributed by atoms with Crippen molar-refractivity contribution in [2.24, 2.45) is 17.6 Å². The van der Waals surface area contributed by atoms with Crippen LogP contribution in [0.2, 0.25) is 0 Å². The van der Waals surface area contributed by atoms with Crippen LogP contribution in [0.1, 0.15) is 33.1 Å². The van der Waals surface area contributed by atoms with Gasteiger partial charge in [-0.1, -0.05) is 13.8 Å². The van der Waals surface area contributed by atoms with Gasteiger partial charge in [-0.05, 0) is 31.7 Å². The van der Waals surface area contributed by atoms with Crippen molar-refractivity contribution in [3.8, 4) is 0 Å². The number of nitrogens with two attached hydrogens (primary N) is 1. The molecule has 4 nitrogen and oxygen atoms in total. The zero-order valence-electron chi connectivity index (χ0n) is 11.8. The Bertz CT molecular complexity index is 293. The fourth-order valence-corrected chi connectivity index (χ4v) is 3.30. The first-order valence-corrected chi connectivity index (χ1v) is 7.36. The molecule has 0 aromatic carbocycles. The first kappa shape index (κ1) is 13.8. The van der Waals surface area contributed by atoms with Gasteiger partial charge in [0, 0.05) is 32.2 Å². The summed E-state index contributed by atoms with van der Waals surface area (Å²) < 4.78 is 0. The van der Waals surface area contributed by atoms with Gasteiger partial charge >= 0.3 is 0 Å². The van der Waals surface area contributed by atoms with Gasteiger partial charge in [-0.15, -0.1) is 0 Å². The number of hydrogen-bond acceptors (Lipinski definition) is 3. The maximum atomic E-state index is 12.5. The molecule has 2 heterocycles. The summed E-state index contributed by atoms with van der Waals surface area (Å²) in [5.74, 6) is 0.615. The van der Waals surface area contributed by atoms with Gasteiger partial charge in [0.2, 0.25) is 5.91 Å². The highest BCUT2D eigenvalue weighted by atomic mass is 16.2. The first-order chi connectivity index (χ1) is 8.63. The van der Waals surface area contributed by atoms with Crippen molar-refractivity contribution in [3.05, 3.63) is 0 Å². The van der Waals surface area contributed by atoms with Gasteiger partial charge in [-0.25, -0.2) is 0 Å². The van der Waals surface area contributed by atoms with E-state index in [1.54, 1.807) is 0 Å². The van der Waals surface area contributed by atoms with Crippen LogP contribution in [0, 0.1) is 11.8 Å². The molecule has 0 aromatic rings. The topological polar surface area (TPSA) is 49.6 Å². The lowest BCUT2D eigenvalue weighted by atomic mass is 9.94. The number of hydrogen-bond donors (Lipinski definition) is 1. The second-order valence-corrected chi connectivity index (χ2v) is 6.06. The van der Waals surface area contributed by atoms with Crippen molar-refractivity contribution >= 4 is 5.91 Å². The molecule has 0 aliphatic carbocycles. The number of amides is 1. The SMILES string of the molecule is CC(C)C(CN)C(=O)N1CCCN2CCCC2C1. The predicted molar refractivity (Wildman–Crippen MR) is 73.2 cm³/mol. The smallest absolute Gasteiger partial charge is 0.227 e. The second kappa shape index (κ2) is 6.02. The van der Waals surface area contributed by atoms with Crippen molar-refractivity contribution in [2.45, 2.75) is 39.2 Å². The minimum absolute atomic E-state index is 0.00190. The Morgan fingerprint density at radius 2 is 2.00 bits per heavy atom. The Hall–Kier alpha value is -0.610. The van der Waals surface area contributed by atoms with Crippen LogP contribution in [0.4, 0.5) is 0 Å². The van der Waals surface area contributed by atoms with Crippen LogP contribution < -0.4 is 5.73 Å². The summed E-state index contributed by atoms with van der Waals surface area (Å²) in [4.78, 5) is 17.2. The van der Waals surface area contributed by atoms with Gasteiger partial charge in [-0.2, -0.15) is 0 Å². The van der Waals surface area contributed by atoms with Crippen molar-refractivity contribution in [1.82, 2.24) is 9.80 Å². The molecule has 2 atom stereocenters. The number of fused-ring (bicyclic) bond motifs is 1. The van der Waals surface area contributed by atoms with E-state index in [1.807, 2.05) is 0 Å². The van der Waals surface area contributed by atoms with Crippen LogP contribution in [-0.2, 0) is 4.79 Å². The van der Waals surface area contributed by atoms with Crippen LogP contribution in [0.3, 0.4) is 0 Å². The summed E-state index contributed by atoms with van der Waals surface area (Å²) in [7, 11) is 0. The molecule has 4 heteroatoms.